The van der Waals surface area contributed by atoms with Gasteiger partial charge in [-0.2, -0.15) is 0 Å². The summed E-state index contributed by atoms with van der Waals surface area (Å²) in [6.07, 6.45) is 0.984. The Morgan fingerprint density at radius 2 is 1.70 bits per heavy atom. The summed E-state index contributed by atoms with van der Waals surface area (Å²) in [4.78, 5) is 36.9. The second kappa shape index (κ2) is 8.03. The minimum atomic E-state index is -0.385. The molecule has 2 aromatic carbocycles. The molecule has 6 heteroatoms. The van der Waals surface area contributed by atoms with Crippen LogP contribution in [-0.2, 0) is 17.8 Å². The minimum absolute atomic E-state index is 0.0381. The van der Waals surface area contributed by atoms with Crippen LogP contribution >= 0.6 is 0 Å². The van der Waals surface area contributed by atoms with E-state index in [1.807, 2.05) is 19.1 Å². The largest absolute Gasteiger partial charge is 0.346 e. The molecule has 6 nitrogen and oxygen atoms in total. The molecular weight excluding hydrogens is 342 g/mol. The highest BCUT2D eigenvalue weighted by Crippen LogP contribution is 2.15. The van der Waals surface area contributed by atoms with E-state index in [1.165, 1.54) is 5.56 Å². The fourth-order valence-electron chi connectivity index (χ4n) is 2.96. The summed E-state index contributed by atoms with van der Waals surface area (Å²) in [6, 6.07) is 14.6. The lowest BCUT2D eigenvalue weighted by molar-refractivity contribution is -0.125. The molecule has 1 fully saturated rings. The standard InChI is InChI=1S/C21H23N3O3/c1-3-15-4-8-17(9-5-15)14(2)23-20(26)18-10-6-16(7-11-18)13-24-19(25)12-22-21(24)27/h4-11,14H,3,12-13H2,1-2H3,(H,22,27)(H,23,26). The summed E-state index contributed by atoms with van der Waals surface area (Å²) in [5.74, 6) is -0.409. The van der Waals surface area contributed by atoms with Crippen LogP contribution in [-0.4, -0.2) is 29.3 Å². The molecule has 27 heavy (non-hydrogen) atoms. The lowest BCUT2D eigenvalue weighted by Gasteiger charge is -2.16. The summed E-state index contributed by atoms with van der Waals surface area (Å²) in [5.41, 5.74) is 3.64. The van der Waals surface area contributed by atoms with Crippen LogP contribution in [0.15, 0.2) is 48.5 Å². The van der Waals surface area contributed by atoms with E-state index in [-0.39, 0.29) is 37.0 Å². The Kier molecular flexibility index (Phi) is 5.54. The van der Waals surface area contributed by atoms with Gasteiger partial charge in [-0.05, 0) is 42.2 Å². The zero-order valence-electron chi connectivity index (χ0n) is 15.5. The maximum Gasteiger partial charge on any atom is 0.324 e. The molecule has 0 aromatic heterocycles. The van der Waals surface area contributed by atoms with Crippen molar-refractivity contribution in [3.8, 4) is 0 Å². The first-order valence-corrected chi connectivity index (χ1v) is 9.04. The molecule has 1 unspecified atom stereocenters. The van der Waals surface area contributed by atoms with Crippen LogP contribution in [0.1, 0.15) is 46.9 Å². The van der Waals surface area contributed by atoms with Crippen LogP contribution in [0.2, 0.25) is 0 Å². The van der Waals surface area contributed by atoms with E-state index in [2.05, 4.69) is 29.7 Å². The smallest absolute Gasteiger partial charge is 0.324 e. The Bertz CT molecular complexity index is 828. The predicted octanol–water partition coefficient (Wildman–Crippen LogP) is 2.79. The van der Waals surface area contributed by atoms with Crippen molar-refractivity contribution in [1.82, 2.24) is 15.5 Å². The summed E-state index contributed by atoms with van der Waals surface area (Å²) >= 11 is 0. The molecular formula is C21H23N3O3. The van der Waals surface area contributed by atoms with Crippen molar-refractivity contribution in [2.45, 2.75) is 32.9 Å². The third-order valence-corrected chi connectivity index (χ3v) is 4.73. The van der Waals surface area contributed by atoms with Crippen molar-refractivity contribution in [3.63, 3.8) is 0 Å². The minimum Gasteiger partial charge on any atom is -0.346 e. The highest BCUT2D eigenvalue weighted by Gasteiger charge is 2.28. The molecule has 3 rings (SSSR count). The van der Waals surface area contributed by atoms with Gasteiger partial charge in [0.1, 0.15) is 0 Å². The highest BCUT2D eigenvalue weighted by atomic mass is 16.2. The highest BCUT2D eigenvalue weighted by molar-refractivity contribution is 6.01. The molecule has 0 spiro atoms. The van der Waals surface area contributed by atoms with Crippen molar-refractivity contribution in [3.05, 3.63) is 70.8 Å². The van der Waals surface area contributed by atoms with Crippen molar-refractivity contribution >= 4 is 17.8 Å². The first-order chi connectivity index (χ1) is 13.0. The second-order valence-corrected chi connectivity index (χ2v) is 6.63. The molecule has 0 radical (unpaired) electrons. The van der Waals surface area contributed by atoms with Crippen molar-refractivity contribution < 1.29 is 14.4 Å². The summed E-state index contributed by atoms with van der Waals surface area (Å²) in [6.45, 7) is 4.30. The average molecular weight is 365 g/mol. The molecule has 4 amide bonds. The Morgan fingerprint density at radius 1 is 1.07 bits per heavy atom. The van der Waals surface area contributed by atoms with Crippen LogP contribution in [0.25, 0.3) is 0 Å². The number of nitrogens with one attached hydrogen (secondary N) is 2. The Labute approximate surface area is 158 Å². The molecule has 0 saturated carbocycles. The second-order valence-electron chi connectivity index (χ2n) is 6.63. The van der Waals surface area contributed by atoms with Crippen LogP contribution in [0.4, 0.5) is 4.79 Å². The van der Waals surface area contributed by atoms with Crippen LogP contribution < -0.4 is 10.6 Å². The number of nitrogens with zero attached hydrogens (tertiary/aromatic N) is 1. The lowest BCUT2D eigenvalue weighted by atomic mass is 10.0. The van der Waals surface area contributed by atoms with Crippen LogP contribution in [0.5, 0.6) is 0 Å². The number of imide groups is 1. The molecule has 1 atom stereocenters. The van der Waals surface area contributed by atoms with Gasteiger partial charge in [-0.15, -0.1) is 0 Å². The summed E-state index contributed by atoms with van der Waals surface area (Å²) in [7, 11) is 0. The van der Waals surface area contributed by atoms with E-state index in [4.69, 9.17) is 0 Å². The molecule has 2 N–H and O–H groups in total. The fraction of sp³-hybridized carbons (Fsp3) is 0.286. The predicted molar refractivity (Wildman–Crippen MR) is 102 cm³/mol. The number of urea groups is 1. The normalized spacial score (nSPS) is 14.8. The van der Waals surface area contributed by atoms with Crippen molar-refractivity contribution in [1.29, 1.82) is 0 Å². The van der Waals surface area contributed by atoms with Gasteiger partial charge in [0.15, 0.2) is 0 Å². The van der Waals surface area contributed by atoms with Crippen LogP contribution in [0.3, 0.4) is 0 Å². The van der Waals surface area contributed by atoms with Gasteiger partial charge in [-0.1, -0.05) is 43.3 Å². The number of carbonyl (C=O) groups excluding carboxylic acids is 3. The van der Waals surface area contributed by atoms with Gasteiger partial charge in [0.05, 0.1) is 19.1 Å². The van der Waals surface area contributed by atoms with Gasteiger partial charge >= 0.3 is 6.03 Å². The first-order valence-electron chi connectivity index (χ1n) is 9.04. The number of rotatable bonds is 6. The van der Waals surface area contributed by atoms with Gasteiger partial charge < -0.3 is 10.6 Å². The van der Waals surface area contributed by atoms with E-state index in [9.17, 15) is 14.4 Å². The van der Waals surface area contributed by atoms with Crippen LogP contribution in [0, 0.1) is 0 Å². The Morgan fingerprint density at radius 3 is 2.26 bits per heavy atom. The van der Waals surface area contributed by atoms with Crippen molar-refractivity contribution in [2.24, 2.45) is 0 Å². The monoisotopic (exact) mass is 365 g/mol. The maximum atomic E-state index is 12.5. The quantitative estimate of drug-likeness (QED) is 0.773. The fourth-order valence-corrected chi connectivity index (χ4v) is 2.96. The van der Waals surface area contributed by atoms with Crippen molar-refractivity contribution in [2.75, 3.05) is 6.54 Å². The molecule has 1 saturated heterocycles. The zero-order valence-corrected chi connectivity index (χ0v) is 15.5. The van der Waals surface area contributed by atoms with E-state index < -0.39 is 0 Å². The zero-order chi connectivity index (χ0) is 19.4. The van der Waals surface area contributed by atoms with Gasteiger partial charge in [0.25, 0.3) is 5.91 Å². The lowest BCUT2D eigenvalue weighted by Crippen LogP contribution is -2.30. The topological polar surface area (TPSA) is 78.5 Å². The van der Waals surface area contributed by atoms with E-state index >= 15 is 0 Å². The molecule has 2 aromatic rings. The number of amides is 4. The number of benzene rings is 2. The van der Waals surface area contributed by atoms with Gasteiger partial charge in [0.2, 0.25) is 5.91 Å². The molecule has 140 valence electrons. The Balaban J connectivity index is 1.61. The maximum absolute atomic E-state index is 12.5. The summed E-state index contributed by atoms with van der Waals surface area (Å²) < 4.78 is 0. The number of aryl methyl sites for hydroxylation is 1. The summed E-state index contributed by atoms with van der Waals surface area (Å²) in [5, 5.41) is 5.48. The SMILES string of the molecule is CCc1ccc(C(C)NC(=O)c2ccc(CN3C(=O)CNC3=O)cc2)cc1. The third kappa shape index (κ3) is 4.34. The average Bonchev–Trinajstić information content (AvgIpc) is 3.00. The number of hydrogen-bond acceptors (Lipinski definition) is 3. The molecule has 0 aliphatic carbocycles. The number of carbonyl (C=O) groups is 3. The number of hydrogen-bond donors (Lipinski definition) is 2. The molecule has 0 bridgehead atoms. The van der Waals surface area contributed by atoms with E-state index in [1.54, 1.807) is 24.3 Å². The van der Waals surface area contributed by atoms with E-state index in [0.29, 0.717) is 5.56 Å². The van der Waals surface area contributed by atoms with Gasteiger partial charge in [0, 0.05) is 5.56 Å². The molecule has 1 aliphatic rings. The van der Waals surface area contributed by atoms with E-state index in [0.717, 1.165) is 22.4 Å². The van der Waals surface area contributed by atoms with Gasteiger partial charge in [-0.3, -0.25) is 14.5 Å². The first kappa shape index (κ1) is 18.6. The van der Waals surface area contributed by atoms with Gasteiger partial charge in [-0.25, -0.2) is 4.79 Å². The molecule has 1 heterocycles. The third-order valence-electron chi connectivity index (χ3n) is 4.73. The Hall–Kier alpha value is -3.15. The molecule has 1 aliphatic heterocycles.